The lowest BCUT2D eigenvalue weighted by atomic mass is 10.2. The van der Waals surface area contributed by atoms with Crippen molar-refractivity contribution in [3.8, 4) is 5.69 Å². The number of nitrogens with zero attached hydrogens (tertiary/aromatic N) is 2. The van der Waals surface area contributed by atoms with E-state index in [4.69, 9.17) is 5.73 Å². The molecule has 96 valence electrons. The van der Waals surface area contributed by atoms with Gasteiger partial charge in [0.25, 0.3) is 0 Å². The number of benzene rings is 1. The van der Waals surface area contributed by atoms with E-state index in [0.29, 0.717) is 11.8 Å². The number of hydrogen-bond acceptors (Lipinski definition) is 2. The largest absolute Gasteiger partial charge is 0.419 e. The summed E-state index contributed by atoms with van der Waals surface area (Å²) in [6.45, 7) is 1.64. The van der Waals surface area contributed by atoms with Gasteiger partial charge < -0.3 is 5.73 Å². The van der Waals surface area contributed by atoms with Crippen molar-refractivity contribution in [1.82, 2.24) is 9.78 Å². The summed E-state index contributed by atoms with van der Waals surface area (Å²) < 4.78 is 52.0. The fourth-order valence-electron chi connectivity index (χ4n) is 1.62. The van der Waals surface area contributed by atoms with Crippen LogP contribution in [0.1, 0.15) is 11.3 Å². The number of hydrogen-bond donors (Lipinski definition) is 1. The van der Waals surface area contributed by atoms with Gasteiger partial charge in [-0.2, -0.15) is 18.3 Å². The van der Waals surface area contributed by atoms with Gasteiger partial charge in [-0.05, 0) is 25.1 Å². The maximum absolute atomic E-state index is 13.1. The molecule has 0 atom stereocenters. The Labute approximate surface area is 99.8 Å². The molecule has 1 heterocycles. The standard InChI is InChI=1S/C11H9F4N3/c1-6-4-10(16)17-18(6)7-2-3-9(12)8(5-7)11(13,14)15/h2-5H,1H3,(H2,16,17). The third kappa shape index (κ3) is 2.15. The van der Waals surface area contributed by atoms with E-state index in [1.165, 1.54) is 16.8 Å². The maximum atomic E-state index is 13.1. The van der Waals surface area contributed by atoms with Crippen LogP contribution in [0.5, 0.6) is 0 Å². The molecule has 0 aliphatic rings. The first-order chi connectivity index (χ1) is 8.29. The monoisotopic (exact) mass is 259 g/mol. The highest BCUT2D eigenvalue weighted by molar-refractivity contribution is 5.41. The van der Waals surface area contributed by atoms with E-state index in [1.54, 1.807) is 6.92 Å². The van der Waals surface area contributed by atoms with Gasteiger partial charge in [0.05, 0.1) is 11.3 Å². The minimum Gasteiger partial charge on any atom is -0.382 e. The van der Waals surface area contributed by atoms with Gasteiger partial charge >= 0.3 is 6.18 Å². The van der Waals surface area contributed by atoms with E-state index < -0.39 is 17.6 Å². The highest BCUT2D eigenvalue weighted by atomic mass is 19.4. The van der Waals surface area contributed by atoms with Crippen molar-refractivity contribution in [3.63, 3.8) is 0 Å². The van der Waals surface area contributed by atoms with Crippen LogP contribution in [0, 0.1) is 12.7 Å². The summed E-state index contributed by atoms with van der Waals surface area (Å²) in [7, 11) is 0. The van der Waals surface area contributed by atoms with Crippen LogP contribution >= 0.6 is 0 Å². The zero-order chi connectivity index (χ0) is 13.5. The number of aromatic nitrogens is 2. The van der Waals surface area contributed by atoms with E-state index in [0.717, 1.165) is 6.07 Å². The number of nitrogen functional groups attached to an aromatic ring is 1. The molecule has 0 spiro atoms. The highest BCUT2D eigenvalue weighted by Crippen LogP contribution is 2.32. The minimum atomic E-state index is -4.74. The molecule has 0 saturated carbocycles. The molecule has 1 aromatic heterocycles. The summed E-state index contributed by atoms with van der Waals surface area (Å²) in [5.74, 6) is -1.13. The van der Waals surface area contributed by atoms with Crippen molar-refractivity contribution in [2.75, 3.05) is 5.73 Å². The van der Waals surface area contributed by atoms with Crippen molar-refractivity contribution in [2.45, 2.75) is 13.1 Å². The first kappa shape index (κ1) is 12.4. The molecule has 2 rings (SSSR count). The second kappa shape index (κ2) is 4.01. The van der Waals surface area contributed by atoms with Crippen LogP contribution in [0.25, 0.3) is 5.69 Å². The van der Waals surface area contributed by atoms with Gasteiger partial charge in [0, 0.05) is 11.8 Å². The Morgan fingerprint density at radius 3 is 2.39 bits per heavy atom. The van der Waals surface area contributed by atoms with Gasteiger partial charge in [0.15, 0.2) is 0 Å². The lowest BCUT2D eigenvalue weighted by Gasteiger charge is -2.10. The third-order valence-corrected chi connectivity index (χ3v) is 2.41. The molecule has 0 fully saturated rings. The summed E-state index contributed by atoms with van der Waals surface area (Å²) in [5.41, 5.74) is 4.79. The van der Waals surface area contributed by atoms with Crippen molar-refractivity contribution in [1.29, 1.82) is 0 Å². The van der Waals surface area contributed by atoms with E-state index >= 15 is 0 Å². The smallest absolute Gasteiger partial charge is 0.382 e. The van der Waals surface area contributed by atoms with Gasteiger partial charge in [-0.1, -0.05) is 0 Å². The molecule has 0 radical (unpaired) electrons. The Balaban J connectivity index is 2.57. The fourth-order valence-corrected chi connectivity index (χ4v) is 1.62. The molecule has 18 heavy (non-hydrogen) atoms. The Hall–Kier alpha value is -2.05. The predicted octanol–water partition coefficient (Wildman–Crippen LogP) is 2.92. The van der Waals surface area contributed by atoms with Gasteiger partial charge in [-0.15, -0.1) is 0 Å². The molecule has 0 aliphatic heterocycles. The van der Waals surface area contributed by atoms with Crippen molar-refractivity contribution < 1.29 is 17.6 Å². The molecular formula is C11H9F4N3. The molecule has 0 amide bonds. The minimum absolute atomic E-state index is 0.109. The molecular weight excluding hydrogens is 250 g/mol. The Morgan fingerprint density at radius 2 is 1.89 bits per heavy atom. The van der Waals surface area contributed by atoms with Crippen LogP contribution < -0.4 is 5.73 Å². The average Bonchev–Trinajstić information content (AvgIpc) is 2.57. The number of aryl methyl sites for hydroxylation is 1. The Morgan fingerprint density at radius 1 is 1.22 bits per heavy atom. The maximum Gasteiger partial charge on any atom is 0.419 e. The van der Waals surface area contributed by atoms with E-state index in [1.807, 2.05) is 0 Å². The molecule has 1 aromatic carbocycles. The van der Waals surface area contributed by atoms with Gasteiger partial charge in [-0.25, -0.2) is 9.07 Å². The summed E-state index contributed by atoms with van der Waals surface area (Å²) in [6.07, 6.45) is -4.74. The molecule has 3 nitrogen and oxygen atoms in total. The van der Waals surface area contributed by atoms with Gasteiger partial charge in [-0.3, -0.25) is 0 Å². The zero-order valence-electron chi connectivity index (χ0n) is 9.29. The third-order valence-electron chi connectivity index (χ3n) is 2.41. The summed E-state index contributed by atoms with van der Waals surface area (Å²) in [6, 6.07) is 4.19. The first-order valence-electron chi connectivity index (χ1n) is 4.98. The molecule has 0 aliphatic carbocycles. The Kier molecular flexibility index (Phi) is 2.76. The summed E-state index contributed by atoms with van der Waals surface area (Å²) >= 11 is 0. The number of halogens is 4. The highest BCUT2D eigenvalue weighted by Gasteiger charge is 2.34. The zero-order valence-corrected chi connectivity index (χ0v) is 9.29. The molecule has 2 aromatic rings. The van der Waals surface area contributed by atoms with Crippen molar-refractivity contribution in [2.24, 2.45) is 0 Å². The van der Waals surface area contributed by atoms with Gasteiger partial charge in [0.2, 0.25) is 0 Å². The van der Waals surface area contributed by atoms with E-state index in [2.05, 4.69) is 5.10 Å². The fraction of sp³-hybridized carbons (Fsp3) is 0.182. The Bertz CT molecular complexity index is 586. The number of anilines is 1. The van der Waals surface area contributed by atoms with Crippen LogP contribution in [0.15, 0.2) is 24.3 Å². The second-order valence-corrected chi connectivity index (χ2v) is 3.78. The number of nitrogens with two attached hydrogens (primary N) is 1. The predicted molar refractivity (Wildman–Crippen MR) is 57.7 cm³/mol. The molecule has 0 unspecified atom stereocenters. The van der Waals surface area contributed by atoms with Crippen LogP contribution in [-0.2, 0) is 6.18 Å². The molecule has 7 heteroatoms. The van der Waals surface area contributed by atoms with Crippen LogP contribution in [0.4, 0.5) is 23.4 Å². The normalized spacial score (nSPS) is 11.8. The van der Waals surface area contributed by atoms with Crippen LogP contribution in [-0.4, -0.2) is 9.78 Å². The summed E-state index contributed by atoms with van der Waals surface area (Å²) in [4.78, 5) is 0. The molecule has 0 bridgehead atoms. The molecule has 0 saturated heterocycles. The van der Waals surface area contributed by atoms with Crippen LogP contribution in [0.2, 0.25) is 0 Å². The summed E-state index contributed by atoms with van der Waals surface area (Å²) in [5, 5.41) is 3.84. The topological polar surface area (TPSA) is 43.8 Å². The van der Waals surface area contributed by atoms with E-state index in [-0.39, 0.29) is 11.5 Å². The average molecular weight is 259 g/mol. The van der Waals surface area contributed by atoms with E-state index in [9.17, 15) is 17.6 Å². The SMILES string of the molecule is Cc1cc(N)nn1-c1ccc(F)c(C(F)(F)F)c1. The van der Waals surface area contributed by atoms with Gasteiger partial charge in [0.1, 0.15) is 11.6 Å². The lowest BCUT2D eigenvalue weighted by Crippen LogP contribution is -2.10. The van der Waals surface area contributed by atoms with Crippen molar-refractivity contribution in [3.05, 3.63) is 41.3 Å². The number of rotatable bonds is 1. The second-order valence-electron chi connectivity index (χ2n) is 3.78. The molecule has 2 N–H and O–H groups in total. The van der Waals surface area contributed by atoms with Crippen molar-refractivity contribution >= 4 is 5.82 Å². The van der Waals surface area contributed by atoms with Crippen LogP contribution in [0.3, 0.4) is 0 Å². The first-order valence-corrected chi connectivity index (χ1v) is 4.98. The lowest BCUT2D eigenvalue weighted by molar-refractivity contribution is -0.140. The number of alkyl halides is 3. The quantitative estimate of drug-likeness (QED) is 0.800.